The van der Waals surface area contributed by atoms with E-state index in [9.17, 15) is 0 Å². The highest BCUT2D eigenvalue weighted by Gasteiger charge is 2.18. The predicted molar refractivity (Wildman–Crippen MR) is 90.2 cm³/mol. The van der Waals surface area contributed by atoms with Crippen molar-refractivity contribution < 1.29 is 0 Å². The van der Waals surface area contributed by atoms with Crippen LogP contribution in [-0.4, -0.2) is 5.75 Å². The zero-order valence-electron chi connectivity index (χ0n) is 13.5. The monoisotopic (exact) mass is 289 g/mol. The van der Waals surface area contributed by atoms with Crippen LogP contribution in [-0.2, 0) is 11.8 Å². The number of rotatable bonds is 6. The third kappa shape index (κ3) is 4.56. The highest BCUT2D eigenvalue weighted by molar-refractivity contribution is 8.03. The molecule has 1 aromatic carbocycles. The smallest absolute Gasteiger partial charge is 0.133 e. The van der Waals surface area contributed by atoms with Crippen molar-refractivity contribution in [2.45, 2.75) is 65.2 Å². The molecule has 1 atom stereocenters. The number of nitrogens with zero attached hydrogens (tertiary/aromatic N) is 1. The molecule has 2 heteroatoms. The summed E-state index contributed by atoms with van der Waals surface area (Å²) in [6, 6.07) is 6.99. The van der Waals surface area contributed by atoms with Crippen molar-refractivity contribution in [1.29, 1.82) is 5.26 Å². The maximum Gasteiger partial charge on any atom is 0.133 e. The lowest BCUT2D eigenvalue weighted by atomic mass is 9.81. The molecular weight excluding hydrogens is 262 g/mol. The van der Waals surface area contributed by atoms with Gasteiger partial charge in [0.1, 0.15) is 5.40 Å². The Morgan fingerprint density at radius 3 is 2.45 bits per heavy atom. The van der Waals surface area contributed by atoms with Gasteiger partial charge in [0.25, 0.3) is 0 Å². The number of hydrogen-bond acceptors (Lipinski definition) is 2. The number of hydrogen-bond donors (Lipinski definition) is 0. The molecule has 1 aromatic rings. The second kappa shape index (κ2) is 7.74. The van der Waals surface area contributed by atoms with Crippen LogP contribution in [0.5, 0.6) is 0 Å². The molecule has 0 spiro atoms. The molecule has 0 bridgehead atoms. The van der Waals surface area contributed by atoms with Crippen molar-refractivity contribution >= 4 is 11.8 Å². The van der Waals surface area contributed by atoms with Crippen LogP contribution in [0.3, 0.4) is 0 Å². The minimum atomic E-state index is 0.195. The molecule has 0 saturated carbocycles. The van der Waals surface area contributed by atoms with Gasteiger partial charge >= 0.3 is 0 Å². The summed E-state index contributed by atoms with van der Waals surface area (Å²) >= 11 is 1.38. The molecule has 0 heterocycles. The Kier molecular flexibility index (Phi) is 6.62. The van der Waals surface area contributed by atoms with E-state index in [-0.39, 0.29) is 5.41 Å². The van der Waals surface area contributed by atoms with Gasteiger partial charge in [-0.2, -0.15) is 5.26 Å². The van der Waals surface area contributed by atoms with E-state index in [1.807, 2.05) is 0 Å². The maximum absolute atomic E-state index is 8.69. The van der Waals surface area contributed by atoms with Crippen molar-refractivity contribution in [2.24, 2.45) is 0 Å². The summed E-state index contributed by atoms with van der Waals surface area (Å²) in [7, 11) is 0. The third-order valence-corrected chi connectivity index (χ3v) is 4.53. The highest BCUT2D eigenvalue weighted by atomic mass is 32.2. The van der Waals surface area contributed by atoms with Crippen LogP contribution >= 0.6 is 11.8 Å². The van der Waals surface area contributed by atoms with Gasteiger partial charge in [0.05, 0.1) is 0 Å². The first kappa shape index (κ1) is 17.1. The summed E-state index contributed by atoms with van der Waals surface area (Å²) in [5.74, 6) is 1.51. The van der Waals surface area contributed by atoms with Gasteiger partial charge in [-0.25, -0.2) is 0 Å². The first-order chi connectivity index (χ1) is 9.43. The lowest BCUT2D eigenvalue weighted by Gasteiger charge is -2.24. The van der Waals surface area contributed by atoms with Gasteiger partial charge in [0.2, 0.25) is 0 Å². The van der Waals surface area contributed by atoms with Crippen LogP contribution in [0.2, 0.25) is 0 Å². The van der Waals surface area contributed by atoms with Crippen molar-refractivity contribution in [2.75, 3.05) is 5.75 Å². The Bertz CT molecular complexity index is 465. The largest absolute Gasteiger partial charge is 0.185 e. The van der Waals surface area contributed by atoms with Gasteiger partial charge in [-0.3, -0.25) is 0 Å². The van der Waals surface area contributed by atoms with E-state index < -0.39 is 0 Å². The fourth-order valence-electron chi connectivity index (χ4n) is 2.59. The summed E-state index contributed by atoms with van der Waals surface area (Å²) in [4.78, 5) is 0. The standard InChI is InChI=1S/C18H27NS/c1-6-14-8-9-16(18(3,4)5)12-17(14)15(7-2)10-11-20-13-19/h8-9,12,15H,6-7,10-11H2,1-5H3. The summed E-state index contributed by atoms with van der Waals surface area (Å²) < 4.78 is 0. The van der Waals surface area contributed by atoms with Crippen LogP contribution in [0.25, 0.3) is 0 Å². The topological polar surface area (TPSA) is 23.8 Å². The molecular formula is C18H27NS. The molecule has 110 valence electrons. The normalized spacial score (nSPS) is 13.0. The Balaban J connectivity index is 3.08. The van der Waals surface area contributed by atoms with Gasteiger partial charge in [-0.1, -0.05) is 52.8 Å². The predicted octanol–water partition coefficient (Wildman–Crippen LogP) is 5.64. The minimum absolute atomic E-state index is 0.195. The minimum Gasteiger partial charge on any atom is -0.185 e. The fraction of sp³-hybridized carbons (Fsp3) is 0.611. The van der Waals surface area contributed by atoms with E-state index in [2.05, 4.69) is 58.2 Å². The Morgan fingerprint density at radius 2 is 1.95 bits per heavy atom. The lowest BCUT2D eigenvalue weighted by Crippen LogP contribution is -2.13. The van der Waals surface area contributed by atoms with E-state index in [1.54, 1.807) is 0 Å². The zero-order chi connectivity index (χ0) is 15.2. The number of thiocyanates is 1. The molecule has 0 aromatic heterocycles. The van der Waals surface area contributed by atoms with Gasteiger partial charge in [0, 0.05) is 5.75 Å². The summed E-state index contributed by atoms with van der Waals surface area (Å²) in [5, 5.41) is 10.9. The Morgan fingerprint density at radius 1 is 1.25 bits per heavy atom. The molecule has 0 radical (unpaired) electrons. The SMILES string of the molecule is CCc1ccc(C(C)(C)C)cc1C(CC)CCSC#N. The van der Waals surface area contributed by atoms with Crippen molar-refractivity contribution in [3.8, 4) is 5.40 Å². The van der Waals surface area contributed by atoms with Crippen LogP contribution < -0.4 is 0 Å². The summed E-state index contributed by atoms with van der Waals surface area (Å²) in [6.07, 6.45) is 3.32. The summed E-state index contributed by atoms with van der Waals surface area (Å²) in [5.41, 5.74) is 4.57. The molecule has 1 unspecified atom stereocenters. The van der Waals surface area contributed by atoms with E-state index in [1.165, 1.54) is 28.5 Å². The average molecular weight is 289 g/mol. The molecule has 0 aliphatic heterocycles. The number of nitriles is 1. The Labute approximate surface area is 128 Å². The number of benzene rings is 1. The van der Waals surface area contributed by atoms with Gasteiger partial charge in [-0.15, -0.1) is 0 Å². The molecule has 20 heavy (non-hydrogen) atoms. The van der Waals surface area contributed by atoms with Gasteiger partial charge in [0.15, 0.2) is 0 Å². The molecule has 0 aliphatic carbocycles. The number of thioether (sulfide) groups is 1. The molecule has 0 saturated heterocycles. The fourth-order valence-corrected chi connectivity index (χ4v) is 3.08. The lowest BCUT2D eigenvalue weighted by molar-refractivity contribution is 0.582. The first-order valence-electron chi connectivity index (χ1n) is 7.58. The molecule has 0 aliphatic rings. The van der Waals surface area contributed by atoms with Crippen LogP contribution in [0.15, 0.2) is 18.2 Å². The van der Waals surface area contributed by atoms with E-state index in [4.69, 9.17) is 5.26 Å². The van der Waals surface area contributed by atoms with Crippen LogP contribution in [0.1, 0.15) is 70.1 Å². The molecule has 0 fully saturated rings. The van der Waals surface area contributed by atoms with E-state index >= 15 is 0 Å². The van der Waals surface area contributed by atoms with Crippen molar-refractivity contribution in [1.82, 2.24) is 0 Å². The quantitative estimate of drug-likeness (QED) is 0.499. The molecule has 1 rings (SSSR count). The average Bonchev–Trinajstić information content (AvgIpc) is 2.42. The van der Waals surface area contributed by atoms with E-state index in [0.717, 1.165) is 25.0 Å². The van der Waals surface area contributed by atoms with Crippen molar-refractivity contribution in [3.05, 3.63) is 34.9 Å². The van der Waals surface area contributed by atoms with Gasteiger partial charge < -0.3 is 0 Å². The second-order valence-corrected chi connectivity index (χ2v) is 7.23. The second-order valence-electron chi connectivity index (χ2n) is 6.35. The van der Waals surface area contributed by atoms with E-state index in [0.29, 0.717) is 5.92 Å². The zero-order valence-corrected chi connectivity index (χ0v) is 14.3. The third-order valence-electron chi connectivity index (χ3n) is 3.96. The highest BCUT2D eigenvalue weighted by Crippen LogP contribution is 2.32. The van der Waals surface area contributed by atoms with Gasteiger partial charge in [-0.05, 0) is 59.0 Å². The van der Waals surface area contributed by atoms with Crippen LogP contribution in [0, 0.1) is 10.7 Å². The molecule has 0 N–H and O–H groups in total. The number of aryl methyl sites for hydroxylation is 1. The molecule has 1 nitrogen and oxygen atoms in total. The molecule has 0 amide bonds. The summed E-state index contributed by atoms with van der Waals surface area (Å²) in [6.45, 7) is 11.3. The first-order valence-corrected chi connectivity index (χ1v) is 8.56. The van der Waals surface area contributed by atoms with Crippen molar-refractivity contribution in [3.63, 3.8) is 0 Å². The van der Waals surface area contributed by atoms with Crippen LogP contribution in [0.4, 0.5) is 0 Å². The maximum atomic E-state index is 8.69. The Hall–Kier alpha value is -0.940.